The lowest BCUT2D eigenvalue weighted by Crippen LogP contribution is -2.29. The van der Waals surface area contributed by atoms with E-state index >= 15 is 0 Å². The highest BCUT2D eigenvalue weighted by Crippen LogP contribution is 2.36. The Balaban J connectivity index is 2.06. The number of nitrogens with one attached hydrogen (secondary N) is 2. The minimum absolute atomic E-state index is 0.350. The van der Waals surface area contributed by atoms with Gasteiger partial charge in [0.05, 0.1) is 10.0 Å². The summed E-state index contributed by atoms with van der Waals surface area (Å²) < 4.78 is 0. The maximum Gasteiger partial charge on any atom is 0.147 e. The topological polar surface area (TPSA) is 37.0 Å². The number of hydrogen-bond acceptors (Lipinski definition) is 3. The molecular weight excluding hydrogens is 281 g/mol. The fourth-order valence-corrected chi connectivity index (χ4v) is 3.16. The molecule has 0 aromatic carbocycles. The average Bonchev–Trinajstić information content (AvgIpc) is 2.39. The highest BCUT2D eigenvalue weighted by atomic mass is 35.5. The van der Waals surface area contributed by atoms with Crippen molar-refractivity contribution >= 4 is 34.8 Å². The molecule has 3 nitrogen and oxygen atoms in total. The number of hydrogen-bond donors (Lipinski definition) is 2. The molecule has 1 heterocycles. The Morgan fingerprint density at radius 2 is 1.79 bits per heavy atom. The van der Waals surface area contributed by atoms with Crippen LogP contribution >= 0.6 is 23.2 Å². The first-order chi connectivity index (χ1) is 9.04. The van der Waals surface area contributed by atoms with Gasteiger partial charge in [-0.2, -0.15) is 0 Å². The third kappa shape index (κ3) is 3.67. The zero-order valence-electron chi connectivity index (χ0n) is 11.5. The van der Waals surface area contributed by atoms with Crippen molar-refractivity contribution < 1.29 is 0 Å². The number of rotatable bonds is 4. The van der Waals surface area contributed by atoms with Crippen molar-refractivity contribution in [3.63, 3.8) is 0 Å². The molecule has 0 spiro atoms. The van der Waals surface area contributed by atoms with Crippen molar-refractivity contribution in [3.05, 3.63) is 16.1 Å². The minimum atomic E-state index is 0.350. The normalized spacial score (nSPS) is 18.1. The predicted octanol–water partition coefficient (Wildman–Crippen LogP) is 4.81. The van der Waals surface area contributed by atoms with Gasteiger partial charge in [0.1, 0.15) is 11.6 Å². The number of halogens is 2. The number of anilines is 2. The Kier molecular flexibility index (Phi) is 4.80. The Bertz CT molecular complexity index is 443. The second-order valence-electron chi connectivity index (χ2n) is 5.62. The second kappa shape index (κ2) is 6.19. The van der Waals surface area contributed by atoms with E-state index in [1.807, 2.05) is 0 Å². The van der Waals surface area contributed by atoms with Crippen LogP contribution in [0.5, 0.6) is 0 Å². The van der Waals surface area contributed by atoms with E-state index in [1.54, 1.807) is 13.1 Å². The molecule has 0 atom stereocenters. The molecule has 1 aromatic rings. The Morgan fingerprint density at radius 3 is 2.42 bits per heavy atom. The van der Waals surface area contributed by atoms with E-state index in [2.05, 4.69) is 22.5 Å². The molecule has 1 aromatic heterocycles. The molecule has 19 heavy (non-hydrogen) atoms. The second-order valence-corrected chi connectivity index (χ2v) is 6.44. The van der Waals surface area contributed by atoms with Gasteiger partial charge in [-0.3, -0.25) is 0 Å². The van der Waals surface area contributed by atoms with E-state index in [1.165, 1.54) is 32.1 Å². The zero-order chi connectivity index (χ0) is 13.9. The van der Waals surface area contributed by atoms with Gasteiger partial charge in [0, 0.05) is 13.6 Å². The molecule has 0 saturated heterocycles. The van der Waals surface area contributed by atoms with Crippen LogP contribution in [0.4, 0.5) is 11.6 Å². The van der Waals surface area contributed by atoms with Crippen molar-refractivity contribution in [1.29, 1.82) is 0 Å². The lowest BCUT2D eigenvalue weighted by molar-refractivity contribution is 0.233. The van der Waals surface area contributed by atoms with Crippen molar-refractivity contribution in [2.75, 3.05) is 24.2 Å². The van der Waals surface area contributed by atoms with Crippen LogP contribution in [0.1, 0.15) is 39.0 Å². The van der Waals surface area contributed by atoms with Crippen LogP contribution in [-0.4, -0.2) is 18.6 Å². The van der Waals surface area contributed by atoms with Crippen molar-refractivity contribution in [1.82, 2.24) is 4.98 Å². The summed E-state index contributed by atoms with van der Waals surface area (Å²) in [6.07, 6.45) is 6.54. The molecule has 106 valence electrons. The van der Waals surface area contributed by atoms with Crippen LogP contribution in [0.2, 0.25) is 10.0 Å². The van der Waals surface area contributed by atoms with Crippen LogP contribution in [0.15, 0.2) is 6.07 Å². The van der Waals surface area contributed by atoms with Crippen molar-refractivity contribution in [3.8, 4) is 0 Å². The van der Waals surface area contributed by atoms with E-state index in [9.17, 15) is 0 Å². The van der Waals surface area contributed by atoms with Crippen LogP contribution in [-0.2, 0) is 0 Å². The molecule has 0 bridgehead atoms. The van der Waals surface area contributed by atoms with E-state index in [-0.39, 0.29) is 0 Å². The minimum Gasteiger partial charge on any atom is -0.372 e. The van der Waals surface area contributed by atoms with E-state index in [4.69, 9.17) is 23.2 Å². The predicted molar refractivity (Wildman–Crippen MR) is 83.5 cm³/mol. The molecule has 1 saturated carbocycles. The summed E-state index contributed by atoms with van der Waals surface area (Å²) in [4.78, 5) is 4.42. The third-order valence-corrected chi connectivity index (χ3v) is 4.49. The largest absolute Gasteiger partial charge is 0.372 e. The first-order valence-electron chi connectivity index (χ1n) is 6.82. The van der Waals surface area contributed by atoms with Crippen LogP contribution < -0.4 is 10.6 Å². The fraction of sp³-hybridized carbons (Fsp3) is 0.643. The molecule has 0 unspecified atom stereocenters. The monoisotopic (exact) mass is 301 g/mol. The molecule has 1 aliphatic carbocycles. The molecule has 0 amide bonds. The summed E-state index contributed by atoms with van der Waals surface area (Å²) in [6.45, 7) is 3.24. The molecule has 2 N–H and O–H groups in total. The quantitative estimate of drug-likeness (QED) is 0.838. The summed E-state index contributed by atoms with van der Waals surface area (Å²) in [6, 6.07) is 1.73. The number of aromatic nitrogens is 1. The maximum atomic E-state index is 6.18. The highest BCUT2D eigenvalue weighted by Gasteiger charge is 2.26. The first kappa shape index (κ1) is 14.7. The maximum absolute atomic E-state index is 6.18. The first-order valence-corrected chi connectivity index (χ1v) is 7.57. The van der Waals surface area contributed by atoms with Gasteiger partial charge in [0.25, 0.3) is 0 Å². The molecule has 1 aliphatic rings. The van der Waals surface area contributed by atoms with E-state index in [0.717, 1.165) is 6.54 Å². The highest BCUT2D eigenvalue weighted by molar-refractivity contribution is 6.37. The number of pyridine rings is 1. The van der Waals surface area contributed by atoms with Gasteiger partial charge in [0.15, 0.2) is 0 Å². The van der Waals surface area contributed by atoms with E-state index < -0.39 is 0 Å². The van der Waals surface area contributed by atoms with Crippen molar-refractivity contribution in [2.24, 2.45) is 5.41 Å². The summed E-state index contributed by atoms with van der Waals surface area (Å²) in [5.41, 5.74) is 0.350. The van der Waals surface area contributed by atoms with Gasteiger partial charge < -0.3 is 10.6 Å². The van der Waals surface area contributed by atoms with Crippen LogP contribution in [0, 0.1) is 5.41 Å². The Morgan fingerprint density at radius 1 is 1.16 bits per heavy atom. The van der Waals surface area contributed by atoms with Gasteiger partial charge in [-0.15, -0.1) is 0 Å². The average molecular weight is 302 g/mol. The van der Waals surface area contributed by atoms with Crippen molar-refractivity contribution in [2.45, 2.75) is 39.0 Å². The lowest BCUT2D eigenvalue weighted by Gasteiger charge is -2.34. The summed E-state index contributed by atoms with van der Waals surface area (Å²) in [5.74, 6) is 1.37. The zero-order valence-corrected chi connectivity index (χ0v) is 13.0. The van der Waals surface area contributed by atoms with Crippen LogP contribution in [0.3, 0.4) is 0 Å². The SMILES string of the molecule is CNc1nc(NCC2(C)CCCCC2)c(Cl)cc1Cl. The number of nitrogens with zero attached hydrogens (tertiary/aromatic N) is 1. The molecule has 1 fully saturated rings. The van der Waals surface area contributed by atoms with Gasteiger partial charge in [-0.25, -0.2) is 4.98 Å². The fourth-order valence-electron chi connectivity index (χ4n) is 2.65. The van der Waals surface area contributed by atoms with E-state index in [0.29, 0.717) is 27.1 Å². The smallest absolute Gasteiger partial charge is 0.147 e. The lowest BCUT2D eigenvalue weighted by atomic mass is 9.76. The standard InChI is InChI=1S/C14H21Cl2N3/c1-14(6-4-3-5-7-14)9-18-13-11(16)8-10(15)12(17-2)19-13/h8H,3-7,9H2,1-2H3,(H2,17,18,19). The summed E-state index contributed by atoms with van der Waals surface area (Å²) in [5, 5.41) is 7.47. The molecular formula is C14H21Cl2N3. The molecule has 0 aliphatic heterocycles. The van der Waals surface area contributed by atoms with Gasteiger partial charge in [-0.1, -0.05) is 49.4 Å². The molecule has 2 rings (SSSR count). The van der Waals surface area contributed by atoms with Gasteiger partial charge in [-0.05, 0) is 24.3 Å². The van der Waals surface area contributed by atoms with Crippen LogP contribution in [0.25, 0.3) is 0 Å². The summed E-state index contributed by atoms with van der Waals surface area (Å²) in [7, 11) is 1.80. The molecule has 5 heteroatoms. The molecule has 0 radical (unpaired) electrons. The van der Waals surface area contributed by atoms with Gasteiger partial charge in [0.2, 0.25) is 0 Å². The summed E-state index contributed by atoms with van der Waals surface area (Å²) >= 11 is 12.2. The Labute approximate surface area is 125 Å². The Hall–Kier alpha value is -0.670. The van der Waals surface area contributed by atoms with Gasteiger partial charge >= 0.3 is 0 Å². The third-order valence-electron chi connectivity index (χ3n) is 3.91.